The van der Waals surface area contributed by atoms with Gasteiger partial charge in [0.05, 0.1) is 11.6 Å². The third-order valence-corrected chi connectivity index (χ3v) is 11.5. The van der Waals surface area contributed by atoms with Gasteiger partial charge in [0.1, 0.15) is 0 Å². The molecule has 1 heterocycles. The van der Waals surface area contributed by atoms with E-state index in [0.717, 1.165) is 34.4 Å². The molecule has 0 radical (unpaired) electrons. The number of fused-ring (bicyclic) bond motifs is 5. The molecule has 4 nitrogen and oxygen atoms in total. The summed E-state index contributed by atoms with van der Waals surface area (Å²) in [6.07, 6.45) is 6.78. The zero-order valence-electron chi connectivity index (χ0n) is 29.2. The van der Waals surface area contributed by atoms with Gasteiger partial charge >= 0.3 is 0 Å². The Labute approximate surface area is 299 Å². The molecule has 0 N–H and O–H groups in total. The van der Waals surface area contributed by atoms with Crippen molar-refractivity contribution in [3.8, 4) is 51.4 Å². The first kappa shape index (κ1) is 31.3. The van der Waals surface area contributed by atoms with Gasteiger partial charge in [-0.15, -0.1) is 0 Å². The van der Waals surface area contributed by atoms with Gasteiger partial charge in [0.25, 0.3) is 0 Å². The van der Waals surface area contributed by atoms with Crippen LogP contribution in [0.2, 0.25) is 0 Å². The molecule has 248 valence electrons. The Kier molecular flexibility index (Phi) is 7.73. The SMILES string of the molecule is C[C@@H]1CC2C[C@H](C)CC(c3ccc(-c4cc5ccc(-c6nc(-c7ccccc7)nc(-c7ccc(C#N)cc7)n6)cc5c5ccccc45)cc3)(C2)C1. The van der Waals surface area contributed by atoms with Gasteiger partial charge in [0.2, 0.25) is 0 Å². The van der Waals surface area contributed by atoms with Crippen LogP contribution in [0.25, 0.3) is 66.8 Å². The summed E-state index contributed by atoms with van der Waals surface area (Å²) in [6, 6.07) is 46.9. The highest BCUT2D eigenvalue weighted by atomic mass is 15.0. The Morgan fingerprint density at radius 1 is 0.549 bits per heavy atom. The largest absolute Gasteiger partial charge is 0.208 e. The van der Waals surface area contributed by atoms with Crippen molar-refractivity contribution in [2.45, 2.75) is 51.4 Å². The molecule has 4 heteroatoms. The van der Waals surface area contributed by atoms with Crippen LogP contribution in [-0.4, -0.2) is 15.0 Å². The molecule has 6 aromatic carbocycles. The molecule has 51 heavy (non-hydrogen) atoms. The highest BCUT2D eigenvalue weighted by molar-refractivity contribution is 6.14. The third kappa shape index (κ3) is 5.77. The van der Waals surface area contributed by atoms with Crippen molar-refractivity contribution in [2.75, 3.05) is 0 Å². The van der Waals surface area contributed by atoms with Crippen LogP contribution < -0.4 is 0 Å². The highest BCUT2D eigenvalue weighted by Gasteiger charge is 2.45. The molecular formula is C47H40N4. The van der Waals surface area contributed by atoms with E-state index < -0.39 is 0 Å². The molecule has 1 aromatic heterocycles. The van der Waals surface area contributed by atoms with Crippen molar-refractivity contribution in [3.63, 3.8) is 0 Å². The van der Waals surface area contributed by atoms with Crippen LogP contribution in [0.1, 0.15) is 57.1 Å². The molecule has 9 rings (SSSR count). The first-order valence-electron chi connectivity index (χ1n) is 18.3. The topological polar surface area (TPSA) is 62.5 Å². The van der Waals surface area contributed by atoms with Gasteiger partial charge < -0.3 is 0 Å². The Morgan fingerprint density at radius 2 is 1.12 bits per heavy atom. The molecule has 4 atom stereocenters. The minimum Gasteiger partial charge on any atom is -0.208 e. The number of nitrogens with zero attached hydrogens (tertiary/aromatic N) is 4. The average Bonchev–Trinajstić information content (AvgIpc) is 3.17. The van der Waals surface area contributed by atoms with Crippen molar-refractivity contribution in [1.82, 2.24) is 15.0 Å². The van der Waals surface area contributed by atoms with Crippen molar-refractivity contribution in [2.24, 2.45) is 17.8 Å². The Balaban J connectivity index is 1.13. The summed E-state index contributed by atoms with van der Waals surface area (Å²) < 4.78 is 0. The number of aromatic nitrogens is 3. The van der Waals surface area contributed by atoms with Crippen molar-refractivity contribution in [1.29, 1.82) is 5.26 Å². The predicted octanol–water partition coefficient (Wildman–Crippen LogP) is 11.8. The van der Waals surface area contributed by atoms with Crippen LogP contribution in [0.4, 0.5) is 0 Å². The smallest absolute Gasteiger partial charge is 0.164 e. The van der Waals surface area contributed by atoms with E-state index in [1.807, 2.05) is 42.5 Å². The number of hydrogen-bond acceptors (Lipinski definition) is 4. The van der Waals surface area contributed by atoms with Crippen molar-refractivity contribution < 1.29 is 0 Å². The molecule has 2 aliphatic carbocycles. The minimum absolute atomic E-state index is 0.329. The molecule has 0 saturated heterocycles. The third-order valence-electron chi connectivity index (χ3n) is 11.5. The molecule has 2 unspecified atom stereocenters. The fraction of sp³-hybridized carbons (Fsp3) is 0.234. The van der Waals surface area contributed by atoms with E-state index in [-0.39, 0.29) is 0 Å². The van der Waals surface area contributed by atoms with Gasteiger partial charge in [-0.1, -0.05) is 105 Å². The summed E-state index contributed by atoms with van der Waals surface area (Å²) in [5, 5.41) is 14.1. The van der Waals surface area contributed by atoms with Crippen LogP contribution in [0.5, 0.6) is 0 Å². The monoisotopic (exact) mass is 660 g/mol. The maximum atomic E-state index is 9.34. The fourth-order valence-electron chi connectivity index (χ4n) is 9.58. The lowest BCUT2D eigenvalue weighted by atomic mass is 9.54. The van der Waals surface area contributed by atoms with Gasteiger partial charge in [-0.3, -0.25) is 0 Å². The average molecular weight is 661 g/mol. The van der Waals surface area contributed by atoms with Crippen LogP contribution in [-0.2, 0) is 5.41 Å². The summed E-state index contributed by atoms with van der Waals surface area (Å²) >= 11 is 0. The highest BCUT2D eigenvalue weighted by Crippen LogP contribution is 2.54. The summed E-state index contributed by atoms with van der Waals surface area (Å²) in [5.41, 5.74) is 7.69. The molecule has 2 saturated carbocycles. The molecule has 7 aromatic rings. The molecule has 0 spiro atoms. The minimum atomic E-state index is 0.329. The van der Waals surface area contributed by atoms with Crippen LogP contribution >= 0.6 is 0 Å². The summed E-state index contributed by atoms with van der Waals surface area (Å²) in [4.78, 5) is 14.8. The summed E-state index contributed by atoms with van der Waals surface area (Å²) in [5.74, 6) is 4.28. The first-order chi connectivity index (χ1) is 24.9. The number of rotatable bonds is 5. The zero-order chi connectivity index (χ0) is 34.5. The number of benzene rings is 6. The van der Waals surface area contributed by atoms with Gasteiger partial charge in [-0.05, 0) is 130 Å². The zero-order valence-corrected chi connectivity index (χ0v) is 29.2. The fourth-order valence-corrected chi connectivity index (χ4v) is 9.58. The first-order valence-corrected chi connectivity index (χ1v) is 18.3. The van der Waals surface area contributed by atoms with E-state index in [2.05, 4.69) is 92.7 Å². The molecular weight excluding hydrogens is 621 g/mol. The second kappa shape index (κ2) is 12.6. The van der Waals surface area contributed by atoms with E-state index in [4.69, 9.17) is 15.0 Å². The quantitative estimate of drug-likeness (QED) is 0.172. The maximum absolute atomic E-state index is 9.34. The van der Waals surface area contributed by atoms with Gasteiger partial charge in [0.15, 0.2) is 17.5 Å². The second-order valence-corrected chi connectivity index (χ2v) is 15.3. The lowest BCUT2D eigenvalue weighted by Crippen LogP contribution is -2.42. The lowest BCUT2D eigenvalue weighted by Gasteiger charge is -2.50. The van der Waals surface area contributed by atoms with Crippen LogP contribution in [0.3, 0.4) is 0 Å². The van der Waals surface area contributed by atoms with Crippen molar-refractivity contribution in [3.05, 3.63) is 139 Å². The lowest BCUT2D eigenvalue weighted by molar-refractivity contribution is 0.0780. The summed E-state index contributed by atoms with van der Waals surface area (Å²) in [7, 11) is 0. The molecule has 2 aliphatic rings. The molecule has 0 aliphatic heterocycles. The van der Waals surface area contributed by atoms with Crippen molar-refractivity contribution >= 4 is 21.5 Å². The van der Waals surface area contributed by atoms with E-state index in [1.165, 1.54) is 70.3 Å². The van der Waals surface area contributed by atoms with Gasteiger partial charge in [-0.25, -0.2) is 15.0 Å². The van der Waals surface area contributed by atoms with E-state index in [9.17, 15) is 5.26 Å². The number of nitriles is 1. The maximum Gasteiger partial charge on any atom is 0.164 e. The van der Waals surface area contributed by atoms with Gasteiger partial charge in [-0.2, -0.15) is 5.26 Å². The summed E-state index contributed by atoms with van der Waals surface area (Å²) in [6.45, 7) is 4.93. The molecule has 2 bridgehead atoms. The van der Waals surface area contributed by atoms with Crippen LogP contribution in [0.15, 0.2) is 127 Å². The number of hydrogen-bond donors (Lipinski definition) is 0. The van der Waals surface area contributed by atoms with E-state index >= 15 is 0 Å². The normalized spacial score (nSPS) is 21.4. The second-order valence-electron chi connectivity index (χ2n) is 15.3. The Morgan fingerprint density at radius 3 is 1.78 bits per heavy atom. The molecule has 2 fully saturated rings. The van der Waals surface area contributed by atoms with E-state index in [0.29, 0.717) is 28.5 Å². The van der Waals surface area contributed by atoms with Gasteiger partial charge in [0, 0.05) is 16.7 Å². The predicted molar refractivity (Wildman–Crippen MR) is 208 cm³/mol. The molecule has 0 amide bonds. The van der Waals surface area contributed by atoms with Crippen LogP contribution in [0, 0.1) is 29.1 Å². The Bertz CT molecular complexity index is 2420. The van der Waals surface area contributed by atoms with E-state index in [1.54, 1.807) is 12.1 Å². The Hall–Kier alpha value is -5.66. The standard InChI is InChI=1S/C47H40N4/c1-30-22-33-23-31(2)27-47(26-30,28-33)39-20-18-34(19-21-39)42-24-37-16-17-38(25-43(37)41-11-7-6-10-40(41)42)46-50-44(35-8-4-3-5-9-35)49-45(51-46)36-14-12-32(29-48)13-15-36/h3-21,24-25,30-31,33H,22-23,26-28H2,1-2H3/t30-,31+,33?,47?.